The molecule has 2 heterocycles. The smallest absolute Gasteiger partial charge is 0.266 e. The lowest BCUT2D eigenvalue weighted by Gasteiger charge is -2.32. The molecule has 6 nitrogen and oxygen atoms in total. The fourth-order valence-corrected chi connectivity index (χ4v) is 4.28. The molecule has 2 aliphatic heterocycles. The number of carbonyl (C=O) groups is 2. The third kappa shape index (κ3) is 5.51. The summed E-state index contributed by atoms with van der Waals surface area (Å²) in [7, 11) is 2.06. The number of allylic oxidation sites excluding steroid dienone is 2. The first-order valence-corrected chi connectivity index (χ1v) is 10.4. The Kier molecular flexibility index (Phi) is 7.01. The summed E-state index contributed by atoms with van der Waals surface area (Å²) < 4.78 is 0.414. The van der Waals surface area contributed by atoms with Crippen molar-refractivity contribution in [3.05, 3.63) is 52.4 Å². The van der Waals surface area contributed by atoms with Crippen LogP contribution in [0.3, 0.4) is 0 Å². The lowest BCUT2D eigenvalue weighted by Crippen LogP contribution is -2.54. The summed E-state index contributed by atoms with van der Waals surface area (Å²) in [6, 6.07) is 9.91. The lowest BCUT2D eigenvalue weighted by atomic mass is 10.1. The monoisotopic (exact) mass is 416 g/mol. The van der Waals surface area contributed by atoms with Gasteiger partial charge < -0.3 is 4.90 Å². The molecule has 0 atom stereocenters. The van der Waals surface area contributed by atoms with Gasteiger partial charge in [-0.3, -0.25) is 19.9 Å². The Hall–Kier alpha value is -2.00. The number of nitrogens with one attached hydrogen (secondary N) is 1. The molecule has 8 heteroatoms. The van der Waals surface area contributed by atoms with Crippen molar-refractivity contribution in [3.63, 3.8) is 0 Å². The highest BCUT2D eigenvalue weighted by Crippen LogP contribution is 2.31. The molecule has 2 fully saturated rings. The van der Waals surface area contributed by atoms with Gasteiger partial charge in [0.05, 0.1) is 4.91 Å². The second-order valence-corrected chi connectivity index (χ2v) is 8.57. The molecule has 0 bridgehead atoms. The topological polar surface area (TPSA) is 55.9 Å². The van der Waals surface area contributed by atoms with Crippen LogP contribution in [0, 0.1) is 0 Å². The number of amides is 2. The van der Waals surface area contributed by atoms with E-state index in [1.54, 1.807) is 0 Å². The summed E-state index contributed by atoms with van der Waals surface area (Å²) >= 11 is 6.56. The second-order valence-electron chi connectivity index (χ2n) is 6.89. The average Bonchev–Trinajstić information content (AvgIpc) is 2.91. The van der Waals surface area contributed by atoms with Crippen molar-refractivity contribution in [3.8, 4) is 0 Å². The van der Waals surface area contributed by atoms with Gasteiger partial charge in [-0.25, -0.2) is 5.01 Å². The number of nitrogens with zero attached hydrogens (tertiary/aromatic N) is 3. The predicted octanol–water partition coefficient (Wildman–Crippen LogP) is 2.11. The Balaban J connectivity index is 1.60. The number of likely N-dealkylation sites (N-methyl/N-ethyl adjacent to an activating group) is 1. The third-order valence-corrected chi connectivity index (χ3v) is 5.89. The van der Waals surface area contributed by atoms with E-state index < -0.39 is 0 Å². The van der Waals surface area contributed by atoms with Crippen molar-refractivity contribution in [2.75, 3.05) is 39.8 Å². The van der Waals surface area contributed by atoms with E-state index in [-0.39, 0.29) is 18.4 Å². The van der Waals surface area contributed by atoms with Crippen molar-refractivity contribution >= 4 is 46.2 Å². The van der Waals surface area contributed by atoms with Gasteiger partial charge in [0.1, 0.15) is 10.9 Å². The molecule has 2 saturated heterocycles. The number of benzene rings is 1. The molecule has 0 unspecified atom stereocenters. The molecule has 1 aromatic rings. The standard InChI is InChI=1S/C20H24N4O2S2/c1-15(12-16-6-4-3-5-7-16)13-17-19(26)24(20(27)28-17)14-18(25)21-23-10-8-22(2)9-11-23/h3-7,12-13H,8-11,14H2,1-2H3,(H,21,25)/b15-12+,17-13+. The van der Waals surface area contributed by atoms with Gasteiger partial charge >= 0.3 is 0 Å². The molecular weight excluding hydrogens is 392 g/mol. The molecule has 1 aromatic carbocycles. The highest BCUT2D eigenvalue weighted by Gasteiger charge is 2.33. The zero-order valence-electron chi connectivity index (χ0n) is 16.1. The van der Waals surface area contributed by atoms with Gasteiger partial charge in [-0.05, 0) is 31.2 Å². The van der Waals surface area contributed by atoms with Crippen LogP contribution < -0.4 is 5.43 Å². The van der Waals surface area contributed by atoms with E-state index in [9.17, 15) is 9.59 Å². The average molecular weight is 417 g/mol. The number of thioether (sulfide) groups is 1. The van der Waals surface area contributed by atoms with Gasteiger partial charge in [0.2, 0.25) is 0 Å². The Morgan fingerprint density at radius 3 is 2.57 bits per heavy atom. The Morgan fingerprint density at radius 2 is 1.89 bits per heavy atom. The molecule has 2 aliphatic rings. The Bertz CT molecular complexity index is 815. The van der Waals surface area contributed by atoms with Crippen LogP contribution in [0.4, 0.5) is 0 Å². The maximum absolute atomic E-state index is 12.7. The quantitative estimate of drug-likeness (QED) is 0.586. The lowest BCUT2D eigenvalue weighted by molar-refractivity contribution is -0.132. The number of hydrogen-bond acceptors (Lipinski definition) is 6. The SMILES string of the molecule is CC(=C\c1ccccc1)/C=C1/SC(=S)N(CC(=O)NN2CCN(C)CC2)C1=O. The summed E-state index contributed by atoms with van der Waals surface area (Å²) in [5.41, 5.74) is 4.89. The van der Waals surface area contributed by atoms with Crippen molar-refractivity contribution < 1.29 is 9.59 Å². The van der Waals surface area contributed by atoms with Crippen LogP contribution in [-0.2, 0) is 9.59 Å². The van der Waals surface area contributed by atoms with E-state index in [4.69, 9.17) is 12.2 Å². The van der Waals surface area contributed by atoms with E-state index in [0.717, 1.165) is 37.3 Å². The minimum atomic E-state index is -0.223. The molecule has 1 N–H and O–H groups in total. The van der Waals surface area contributed by atoms with E-state index in [0.29, 0.717) is 9.23 Å². The number of piperazine rings is 1. The fraction of sp³-hybridized carbons (Fsp3) is 0.350. The summed E-state index contributed by atoms with van der Waals surface area (Å²) in [4.78, 5) is 29.2. The van der Waals surface area contributed by atoms with E-state index in [1.807, 2.05) is 54.4 Å². The van der Waals surface area contributed by atoms with Crippen molar-refractivity contribution in [1.82, 2.24) is 20.2 Å². The molecular formula is C20H24N4O2S2. The van der Waals surface area contributed by atoms with Gasteiger partial charge in [0.15, 0.2) is 0 Å². The van der Waals surface area contributed by atoms with Crippen LogP contribution in [0.5, 0.6) is 0 Å². The van der Waals surface area contributed by atoms with Crippen molar-refractivity contribution in [1.29, 1.82) is 0 Å². The highest BCUT2D eigenvalue weighted by atomic mass is 32.2. The number of hydrazine groups is 1. The van der Waals surface area contributed by atoms with E-state index in [2.05, 4.69) is 17.4 Å². The molecule has 2 amide bonds. The van der Waals surface area contributed by atoms with Crippen LogP contribution >= 0.6 is 24.0 Å². The highest BCUT2D eigenvalue weighted by molar-refractivity contribution is 8.26. The van der Waals surface area contributed by atoms with Gasteiger partial charge in [-0.15, -0.1) is 0 Å². The molecule has 0 aliphatic carbocycles. The first-order chi connectivity index (χ1) is 13.4. The van der Waals surface area contributed by atoms with Gasteiger partial charge in [0.25, 0.3) is 11.8 Å². The summed E-state index contributed by atoms with van der Waals surface area (Å²) in [5.74, 6) is -0.442. The first kappa shape index (κ1) is 20.7. The van der Waals surface area contributed by atoms with Crippen LogP contribution in [0.1, 0.15) is 12.5 Å². The van der Waals surface area contributed by atoms with Crippen LogP contribution in [-0.4, -0.2) is 70.7 Å². The number of hydrogen-bond donors (Lipinski definition) is 1. The van der Waals surface area contributed by atoms with Crippen molar-refractivity contribution in [2.45, 2.75) is 6.92 Å². The molecule has 3 rings (SSSR count). The van der Waals surface area contributed by atoms with Crippen LogP contribution in [0.2, 0.25) is 0 Å². The number of thiocarbonyl (C=S) groups is 1. The third-order valence-electron chi connectivity index (χ3n) is 4.51. The second kappa shape index (κ2) is 9.47. The van der Waals surface area contributed by atoms with Gasteiger partial charge in [-0.1, -0.05) is 60.4 Å². The Morgan fingerprint density at radius 1 is 1.21 bits per heavy atom. The first-order valence-electron chi connectivity index (χ1n) is 9.14. The number of carbonyl (C=O) groups excluding carboxylic acids is 2. The van der Waals surface area contributed by atoms with E-state index in [1.165, 1.54) is 16.7 Å². The number of rotatable bonds is 5. The Labute approximate surface area is 175 Å². The largest absolute Gasteiger partial charge is 0.304 e. The molecule has 0 aromatic heterocycles. The zero-order chi connectivity index (χ0) is 20.1. The van der Waals surface area contributed by atoms with Crippen molar-refractivity contribution in [2.24, 2.45) is 0 Å². The molecule has 28 heavy (non-hydrogen) atoms. The summed E-state index contributed by atoms with van der Waals surface area (Å²) in [6.45, 7) is 5.22. The summed E-state index contributed by atoms with van der Waals surface area (Å²) in [5, 5.41) is 1.89. The molecule has 0 radical (unpaired) electrons. The fourth-order valence-electron chi connectivity index (χ4n) is 2.97. The minimum absolute atomic E-state index is 0.0597. The zero-order valence-corrected chi connectivity index (χ0v) is 17.7. The van der Waals surface area contributed by atoms with Gasteiger partial charge in [0, 0.05) is 26.2 Å². The minimum Gasteiger partial charge on any atom is -0.304 e. The van der Waals surface area contributed by atoms with Gasteiger partial charge in [-0.2, -0.15) is 0 Å². The molecule has 0 spiro atoms. The normalized spacial score (nSPS) is 20.9. The molecule has 0 saturated carbocycles. The predicted molar refractivity (Wildman–Crippen MR) is 117 cm³/mol. The maximum atomic E-state index is 12.7. The van der Waals surface area contributed by atoms with E-state index >= 15 is 0 Å². The van der Waals surface area contributed by atoms with Crippen LogP contribution in [0.25, 0.3) is 6.08 Å². The molecule has 148 valence electrons. The summed E-state index contributed by atoms with van der Waals surface area (Å²) in [6.07, 6.45) is 3.83. The maximum Gasteiger partial charge on any atom is 0.266 e. The van der Waals surface area contributed by atoms with Crippen LogP contribution in [0.15, 0.2) is 46.9 Å².